The van der Waals surface area contributed by atoms with Gasteiger partial charge >= 0.3 is 0 Å². The number of carbonyl (C=O) groups is 1. The molecule has 0 bridgehead atoms. The van der Waals surface area contributed by atoms with Crippen molar-refractivity contribution in [3.05, 3.63) is 29.8 Å². The van der Waals surface area contributed by atoms with Crippen LogP contribution >= 0.6 is 0 Å². The van der Waals surface area contributed by atoms with Gasteiger partial charge in [-0.1, -0.05) is 12.1 Å². The van der Waals surface area contributed by atoms with Crippen LogP contribution in [0.15, 0.2) is 29.2 Å². The first-order chi connectivity index (χ1) is 8.25. The molecule has 0 radical (unpaired) electrons. The molecule has 0 amide bonds. The molecule has 1 aromatic rings. The Bertz CT molecular complexity index is 543. The Morgan fingerprint density at radius 2 is 2.00 bits per heavy atom. The molecule has 0 saturated heterocycles. The molecule has 0 aromatic heterocycles. The monoisotopic (exact) mass is 277 g/mol. The Morgan fingerprint density at radius 1 is 1.39 bits per heavy atom. The van der Waals surface area contributed by atoms with Crippen molar-refractivity contribution < 1.29 is 22.0 Å². The molecule has 0 fully saturated rings. The van der Waals surface area contributed by atoms with E-state index in [9.17, 15) is 22.0 Å². The summed E-state index contributed by atoms with van der Waals surface area (Å²) in [4.78, 5) is 11.0. The number of hydrogen-bond donors (Lipinski definition) is 0. The zero-order valence-corrected chi connectivity index (χ0v) is 10.7. The Labute approximate surface area is 104 Å². The van der Waals surface area contributed by atoms with Gasteiger partial charge in [-0.2, -0.15) is 4.31 Å². The lowest BCUT2D eigenvalue weighted by Crippen LogP contribution is -2.31. The number of rotatable bonds is 5. The van der Waals surface area contributed by atoms with E-state index in [1.807, 2.05) is 0 Å². The second-order valence-electron chi connectivity index (χ2n) is 3.76. The number of halogens is 2. The second kappa shape index (κ2) is 5.53. The molecule has 0 spiro atoms. The van der Waals surface area contributed by atoms with E-state index in [1.165, 1.54) is 31.2 Å². The number of carbonyl (C=O) groups excluding carboxylic acids is 1. The lowest BCUT2D eigenvalue weighted by atomic mass is 10.2. The van der Waals surface area contributed by atoms with Crippen molar-refractivity contribution in [3.8, 4) is 0 Å². The second-order valence-corrected chi connectivity index (χ2v) is 5.81. The van der Waals surface area contributed by atoms with E-state index >= 15 is 0 Å². The van der Waals surface area contributed by atoms with E-state index in [4.69, 9.17) is 0 Å². The topological polar surface area (TPSA) is 54.5 Å². The van der Waals surface area contributed by atoms with Crippen molar-refractivity contribution in [3.63, 3.8) is 0 Å². The van der Waals surface area contributed by atoms with E-state index in [-0.39, 0.29) is 16.2 Å². The number of Topliss-reactive ketones (excluding diaryl/α,β-unsaturated/α-hetero) is 1. The predicted molar refractivity (Wildman–Crippen MR) is 62.3 cm³/mol. The summed E-state index contributed by atoms with van der Waals surface area (Å²) in [6.45, 7) is 0.418. The summed E-state index contributed by atoms with van der Waals surface area (Å²) >= 11 is 0. The van der Waals surface area contributed by atoms with Crippen molar-refractivity contribution >= 4 is 15.8 Å². The third-order valence-corrected chi connectivity index (χ3v) is 4.16. The van der Waals surface area contributed by atoms with Crippen LogP contribution in [0.2, 0.25) is 0 Å². The molecule has 0 aliphatic carbocycles. The number of ketones is 1. The van der Waals surface area contributed by atoms with Gasteiger partial charge < -0.3 is 0 Å². The molecular formula is C11H13F2NO3S. The normalized spacial score (nSPS) is 12.1. The average molecular weight is 277 g/mol. The highest BCUT2D eigenvalue weighted by Crippen LogP contribution is 2.17. The third kappa shape index (κ3) is 3.33. The van der Waals surface area contributed by atoms with Gasteiger partial charge in [-0.05, 0) is 19.1 Å². The van der Waals surface area contributed by atoms with Crippen LogP contribution in [0.5, 0.6) is 0 Å². The molecule has 0 saturated carbocycles. The molecule has 1 rings (SSSR count). The first-order valence-electron chi connectivity index (χ1n) is 5.10. The van der Waals surface area contributed by atoms with Gasteiger partial charge in [-0.3, -0.25) is 4.79 Å². The molecule has 1 aromatic carbocycles. The van der Waals surface area contributed by atoms with Gasteiger partial charge in [0.15, 0.2) is 5.78 Å². The minimum Gasteiger partial charge on any atom is -0.295 e. The van der Waals surface area contributed by atoms with E-state index in [0.29, 0.717) is 4.31 Å². The van der Waals surface area contributed by atoms with Crippen LogP contribution in [-0.2, 0) is 10.0 Å². The molecule has 0 N–H and O–H groups in total. The van der Waals surface area contributed by atoms with Crippen molar-refractivity contribution in [1.29, 1.82) is 0 Å². The minimum atomic E-state index is -3.99. The van der Waals surface area contributed by atoms with Gasteiger partial charge in [-0.15, -0.1) is 0 Å². The molecular weight excluding hydrogens is 264 g/mol. The van der Waals surface area contributed by atoms with Gasteiger partial charge in [-0.25, -0.2) is 17.2 Å². The van der Waals surface area contributed by atoms with Crippen LogP contribution < -0.4 is 0 Å². The lowest BCUT2D eigenvalue weighted by Gasteiger charge is -2.16. The van der Waals surface area contributed by atoms with Crippen molar-refractivity contribution in [2.24, 2.45) is 0 Å². The first-order valence-corrected chi connectivity index (χ1v) is 6.54. The van der Waals surface area contributed by atoms with Crippen molar-refractivity contribution in [1.82, 2.24) is 4.31 Å². The van der Waals surface area contributed by atoms with Crippen LogP contribution in [0.4, 0.5) is 8.78 Å². The zero-order valence-electron chi connectivity index (χ0n) is 9.93. The van der Waals surface area contributed by atoms with Gasteiger partial charge in [0.05, 0.1) is 11.4 Å². The highest BCUT2D eigenvalue weighted by molar-refractivity contribution is 7.89. The molecule has 0 atom stereocenters. The van der Waals surface area contributed by atoms with E-state index < -0.39 is 23.0 Å². The number of alkyl halides is 2. The number of hydrogen-bond acceptors (Lipinski definition) is 3. The van der Waals surface area contributed by atoms with Gasteiger partial charge in [0.2, 0.25) is 10.0 Å². The highest BCUT2D eigenvalue weighted by Gasteiger charge is 2.23. The van der Waals surface area contributed by atoms with Gasteiger partial charge in [0, 0.05) is 12.6 Å². The van der Waals surface area contributed by atoms with Gasteiger partial charge in [0.1, 0.15) is 0 Å². The standard InChI is InChI=1S/C11H13F2NO3S/c1-8(15)9-4-3-5-10(6-9)18(16,17)14(2)7-11(12)13/h3-6,11H,7H2,1-2H3. The maximum Gasteiger partial charge on any atom is 0.252 e. The zero-order chi connectivity index (χ0) is 13.9. The van der Waals surface area contributed by atoms with E-state index in [1.54, 1.807) is 0 Å². The van der Waals surface area contributed by atoms with Crippen LogP contribution in [0.1, 0.15) is 17.3 Å². The minimum absolute atomic E-state index is 0.168. The van der Waals surface area contributed by atoms with E-state index in [0.717, 1.165) is 7.05 Å². The van der Waals surface area contributed by atoms with Crippen LogP contribution in [0, 0.1) is 0 Å². The van der Waals surface area contributed by atoms with Crippen molar-refractivity contribution in [2.45, 2.75) is 18.2 Å². The summed E-state index contributed by atoms with van der Waals surface area (Å²) in [5.74, 6) is -0.288. The quantitative estimate of drug-likeness (QED) is 0.771. The fraction of sp³-hybridized carbons (Fsp3) is 0.364. The maximum absolute atomic E-state index is 12.2. The van der Waals surface area contributed by atoms with Crippen LogP contribution in [0.25, 0.3) is 0 Å². The smallest absolute Gasteiger partial charge is 0.252 e. The number of benzene rings is 1. The summed E-state index contributed by atoms with van der Waals surface area (Å²) in [7, 11) is -2.92. The molecule has 0 aliphatic heterocycles. The predicted octanol–water partition coefficient (Wildman–Crippen LogP) is 1.77. The summed E-state index contributed by atoms with van der Waals surface area (Å²) in [5.41, 5.74) is 0.224. The fourth-order valence-electron chi connectivity index (χ4n) is 1.35. The summed E-state index contributed by atoms with van der Waals surface area (Å²) in [5, 5.41) is 0. The Hall–Kier alpha value is -1.34. The first kappa shape index (κ1) is 14.7. The third-order valence-electron chi connectivity index (χ3n) is 2.34. The Morgan fingerprint density at radius 3 is 2.50 bits per heavy atom. The average Bonchev–Trinajstić information content (AvgIpc) is 2.28. The molecule has 0 unspecified atom stereocenters. The largest absolute Gasteiger partial charge is 0.295 e. The fourth-order valence-corrected chi connectivity index (χ4v) is 2.54. The molecule has 7 heteroatoms. The molecule has 100 valence electrons. The van der Waals surface area contributed by atoms with Crippen LogP contribution in [-0.4, -0.2) is 38.5 Å². The van der Waals surface area contributed by atoms with E-state index in [2.05, 4.69) is 0 Å². The lowest BCUT2D eigenvalue weighted by molar-refractivity contribution is 0.101. The summed E-state index contributed by atoms with van der Waals surface area (Å²) < 4.78 is 48.8. The SMILES string of the molecule is CC(=O)c1cccc(S(=O)(=O)N(C)CC(F)F)c1. The van der Waals surface area contributed by atoms with Crippen LogP contribution in [0.3, 0.4) is 0 Å². The molecule has 4 nitrogen and oxygen atoms in total. The summed E-state index contributed by atoms with van der Waals surface area (Å²) in [6.07, 6.45) is -2.75. The number of nitrogens with zero attached hydrogens (tertiary/aromatic N) is 1. The van der Waals surface area contributed by atoms with Gasteiger partial charge in [0.25, 0.3) is 6.43 Å². The number of sulfonamides is 1. The Kier molecular flexibility index (Phi) is 4.53. The molecule has 18 heavy (non-hydrogen) atoms. The Balaban J connectivity index is 3.12. The molecule has 0 aliphatic rings. The molecule has 0 heterocycles. The van der Waals surface area contributed by atoms with Crippen molar-refractivity contribution in [2.75, 3.05) is 13.6 Å². The summed E-state index contributed by atoms with van der Waals surface area (Å²) in [6, 6.07) is 5.32. The maximum atomic E-state index is 12.2. The highest BCUT2D eigenvalue weighted by atomic mass is 32.2.